The number of Topliss-reactive ketones (excluding diaryl/α,β-unsaturated/α-hetero) is 1. The Morgan fingerprint density at radius 2 is 1.00 bits per heavy atom. The molecule has 6 rings (SSSR count). The van der Waals surface area contributed by atoms with E-state index in [0.717, 1.165) is 22.3 Å². The molecule has 2 heteroatoms. The minimum atomic E-state index is -0.681. The number of carbonyl (C=O) groups excluding carboxylic acids is 1. The molecule has 0 spiro atoms. The van der Waals surface area contributed by atoms with Crippen LogP contribution in [0.1, 0.15) is 38.7 Å². The topological polar surface area (TPSA) is 29.1 Å². The fourth-order valence-corrected chi connectivity index (χ4v) is 5.40. The van der Waals surface area contributed by atoms with Crippen molar-refractivity contribution in [3.05, 3.63) is 167 Å². The number of hydrogen-bond donors (Lipinski definition) is 1. The lowest BCUT2D eigenvalue weighted by Crippen LogP contribution is -2.47. The highest BCUT2D eigenvalue weighted by atomic mass is 16.1. The molecule has 0 bridgehead atoms. The first-order chi connectivity index (χ1) is 17.3. The van der Waals surface area contributed by atoms with E-state index in [-0.39, 0.29) is 5.78 Å². The Bertz CT molecular complexity index is 1430. The Balaban J connectivity index is 1.61. The summed E-state index contributed by atoms with van der Waals surface area (Å²) in [6.07, 6.45) is 0. The maximum Gasteiger partial charge on any atom is 0.184 e. The van der Waals surface area contributed by atoms with Crippen LogP contribution in [0.3, 0.4) is 0 Å². The summed E-state index contributed by atoms with van der Waals surface area (Å²) < 4.78 is 0. The molecule has 0 saturated heterocycles. The van der Waals surface area contributed by atoms with E-state index in [1.54, 1.807) is 0 Å². The molecule has 2 nitrogen and oxygen atoms in total. The first-order valence-electron chi connectivity index (χ1n) is 12.0. The number of rotatable bonds is 6. The van der Waals surface area contributed by atoms with E-state index < -0.39 is 11.6 Å². The second-order valence-electron chi connectivity index (χ2n) is 8.93. The molecule has 0 saturated carbocycles. The van der Waals surface area contributed by atoms with Crippen molar-refractivity contribution in [3.63, 3.8) is 0 Å². The molecule has 0 aliphatic heterocycles. The zero-order valence-corrected chi connectivity index (χ0v) is 19.3. The van der Waals surface area contributed by atoms with Crippen LogP contribution in [0.15, 0.2) is 140 Å². The van der Waals surface area contributed by atoms with Crippen LogP contribution in [0.2, 0.25) is 0 Å². The first-order valence-corrected chi connectivity index (χ1v) is 12.0. The van der Waals surface area contributed by atoms with Crippen molar-refractivity contribution in [3.8, 4) is 11.1 Å². The monoisotopic (exact) mass is 451 g/mol. The van der Waals surface area contributed by atoms with Crippen LogP contribution in [-0.4, -0.2) is 5.78 Å². The Morgan fingerprint density at radius 1 is 0.543 bits per heavy atom. The van der Waals surface area contributed by atoms with Crippen molar-refractivity contribution in [1.29, 1.82) is 0 Å². The normalized spacial score (nSPS) is 14.1. The molecule has 5 aromatic rings. The van der Waals surface area contributed by atoms with E-state index in [0.29, 0.717) is 5.56 Å². The molecular formula is C33H25NO. The van der Waals surface area contributed by atoms with Gasteiger partial charge in [-0.25, -0.2) is 0 Å². The summed E-state index contributed by atoms with van der Waals surface area (Å²) in [5.74, 6) is 0.0500. The van der Waals surface area contributed by atoms with Gasteiger partial charge in [0, 0.05) is 5.56 Å². The molecule has 0 radical (unpaired) electrons. The quantitative estimate of drug-likeness (QED) is 0.277. The number of ketones is 1. The molecule has 1 aliphatic carbocycles. The van der Waals surface area contributed by atoms with Crippen molar-refractivity contribution >= 4 is 5.78 Å². The van der Waals surface area contributed by atoms with Crippen molar-refractivity contribution in [2.75, 3.05) is 0 Å². The van der Waals surface area contributed by atoms with Crippen LogP contribution >= 0.6 is 0 Å². The van der Waals surface area contributed by atoms with Gasteiger partial charge in [0.15, 0.2) is 5.78 Å². The average molecular weight is 452 g/mol. The molecule has 0 aromatic heterocycles. The first kappa shape index (κ1) is 21.3. The van der Waals surface area contributed by atoms with Gasteiger partial charge in [-0.15, -0.1) is 0 Å². The van der Waals surface area contributed by atoms with Crippen LogP contribution in [0.25, 0.3) is 11.1 Å². The molecule has 0 fully saturated rings. The van der Waals surface area contributed by atoms with Gasteiger partial charge in [0.2, 0.25) is 0 Å². The molecule has 0 heterocycles. The second kappa shape index (κ2) is 8.83. The van der Waals surface area contributed by atoms with Crippen LogP contribution in [-0.2, 0) is 5.54 Å². The van der Waals surface area contributed by atoms with Gasteiger partial charge >= 0.3 is 0 Å². The highest BCUT2D eigenvalue weighted by molar-refractivity contribution is 6.01. The molecule has 35 heavy (non-hydrogen) atoms. The van der Waals surface area contributed by atoms with Gasteiger partial charge in [0.25, 0.3) is 0 Å². The van der Waals surface area contributed by atoms with Gasteiger partial charge in [0.1, 0.15) is 0 Å². The molecule has 1 aliphatic rings. The van der Waals surface area contributed by atoms with Gasteiger partial charge in [-0.1, -0.05) is 140 Å². The minimum absolute atomic E-state index is 0.0500. The molecule has 168 valence electrons. The van der Waals surface area contributed by atoms with Gasteiger partial charge in [-0.3, -0.25) is 10.1 Å². The van der Waals surface area contributed by atoms with Crippen molar-refractivity contribution in [1.82, 2.24) is 5.32 Å². The molecular weight excluding hydrogens is 426 g/mol. The van der Waals surface area contributed by atoms with E-state index in [2.05, 4.69) is 78.1 Å². The fraction of sp³-hybridized carbons (Fsp3) is 0.0606. The Morgan fingerprint density at radius 3 is 1.57 bits per heavy atom. The molecule has 0 unspecified atom stereocenters. The van der Waals surface area contributed by atoms with Crippen molar-refractivity contribution in [2.45, 2.75) is 11.6 Å². The lowest BCUT2D eigenvalue weighted by molar-refractivity contribution is 0.0930. The third-order valence-electron chi connectivity index (χ3n) is 6.97. The Kier molecular flexibility index (Phi) is 5.36. The standard InChI is InChI=1S/C33H25NO/c35-32(25-16-6-2-7-17-25)31(24-14-4-1-5-15-24)34-33(26-18-8-3-9-19-26)29-22-12-10-20-27(29)28-21-11-13-23-30(28)33/h1-23,31,34H/t31-/m1/s1. The number of benzene rings is 5. The molecule has 1 atom stereocenters. The maximum atomic E-state index is 14.1. The Hall–Kier alpha value is -4.27. The lowest BCUT2D eigenvalue weighted by Gasteiger charge is -2.37. The number of carbonyl (C=O) groups is 1. The van der Waals surface area contributed by atoms with Crippen LogP contribution in [0, 0.1) is 0 Å². The SMILES string of the molecule is O=C(c1ccccc1)[C@H](NC1(c2ccccc2)c2ccccc2-c2ccccc21)c1ccccc1. The predicted molar refractivity (Wildman–Crippen MR) is 141 cm³/mol. The van der Waals surface area contributed by atoms with E-state index in [4.69, 9.17) is 0 Å². The third-order valence-corrected chi connectivity index (χ3v) is 6.97. The smallest absolute Gasteiger partial charge is 0.184 e. The summed E-state index contributed by atoms with van der Waals surface area (Å²) in [4.78, 5) is 14.1. The summed E-state index contributed by atoms with van der Waals surface area (Å²) in [5, 5.41) is 3.92. The summed E-state index contributed by atoms with van der Waals surface area (Å²) in [5.41, 5.74) is 6.77. The Labute approximate surface area is 205 Å². The molecule has 0 amide bonds. The summed E-state index contributed by atoms with van der Waals surface area (Å²) >= 11 is 0. The number of hydrogen-bond acceptors (Lipinski definition) is 2. The maximum absolute atomic E-state index is 14.1. The van der Waals surface area contributed by atoms with Gasteiger partial charge in [0.05, 0.1) is 11.6 Å². The second-order valence-corrected chi connectivity index (χ2v) is 8.93. The summed E-state index contributed by atoms with van der Waals surface area (Å²) in [7, 11) is 0. The highest BCUT2D eigenvalue weighted by Crippen LogP contribution is 2.51. The predicted octanol–water partition coefficient (Wildman–Crippen LogP) is 7.17. The van der Waals surface area contributed by atoms with Gasteiger partial charge in [-0.05, 0) is 33.4 Å². The van der Waals surface area contributed by atoms with Crippen LogP contribution in [0.4, 0.5) is 0 Å². The van der Waals surface area contributed by atoms with E-state index >= 15 is 0 Å². The third kappa shape index (κ3) is 3.51. The van der Waals surface area contributed by atoms with Crippen LogP contribution in [0.5, 0.6) is 0 Å². The number of fused-ring (bicyclic) bond motifs is 3. The summed E-state index contributed by atoms with van der Waals surface area (Å²) in [6, 6.07) is 46.6. The highest BCUT2D eigenvalue weighted by Gasteiger charge is 2.46. The fourth-order valence-electron chi connectivity index (χ4n) is 5.40. The zero-order chi connectivity index (χ0) is 23.7. The van der Waals surface area contributed by atoms with E-state index in [9.17, 15) is 4.79 Å². The van der Waals surface area contributed by atoms with Crippen molar-refractivity contribution in [2.24, 2.45) is 0 Å². The largest absolute Gasteiger partial charge is 0.292 e. The molecule has 1 N–H and O–H groups in total. The van der Waals surface area contributed by atoms with E-state index in [1.165, 1.54) is 11.1 Å². The van der Waals surface area contributed by atoms with Gasteiger partial charge in [-0.2, -0.15) is 0 Å². The summed E-state index contributed by atoms with van der Waals surface area (Å²) in [6.45, 7) is 0. The number of nitrogens with one attached hydrogen (secondary N) is 1. The average Bonchev–Trinajstić information content (AvgIpc) is 3.23. The van der Waals surface area contributed by atoms with Gasteiger partial charge < -0.3 is 0 Å². The van der Waals surface area contributed by atoms with Crippen LogP contribution < -0.4 is 5.32 Å². The van der Waals surface area contributed by atoms with E-state index in [1.807, 2.05) is 66.7 Å². The minimum Gasteiger partial charge on any atom is -0.292 e. The van der Waals surface area contributed by atoms with Crippen molar-refractivity contribution < 1.29 is 4.79 Å². The molecule has 5 aromatic carbocycles. The lowest BCUT2D eigenvalue weighted by atomic mass is 9.79. The zero-order valence-electron chi connectivity index (χ0n) is 19.3.